The lowest BCUT2D eigenvalue weighted by molar-refractivity contribution is 0.131. The van der Waals surface area contributed by atoms with E-state index in [2.05, 4.69) is 31.3 Å². The minimum Gasteiger partial charge on any atom is -0.380 e. The molecule has 0 fully saturated rings. The number of unbranched alkanes of at least 4 members (excludes halogenated alkanes) is 27. The average molecular weight is 564 g/mol. The fraction of sp³-hybridized carbons (Fsp3) is 0.947. The molecule has 2 heteroatoms. The van der Waals surface area contributed by atoms with Crippen molar-refractivity contribution in [3.63, 3.8) is 0 Å². The van der Waals surface area contributed by atoms with Gasteiger partial charge >= 0.3 is 0 Å². The van der Waals surface area contributed by atoms with Gasteiger partial charge in [0.05, 0.1) is 6.61 Å². The van der Waals surface area contributed by atoms with Gasteiger partial charge in [0.1, 0.15) is 0 Å². The summed E-state index contributed by atoms with van der Waals surface area (Å²) in [5.41, 5.74) is 0. The summed E-state index contributed by atoms with van der Waals surface area (Å²) in [6, 6.07) is 0. The van der Waals surface area contributed by atoms with Gasteiger partial charge in [-0.05, 0) is 45.1 Å². The molecule has 2 nitrogen and oxygen atoms in total. The SMILES string of the molecule is CCCCCCCCC=CCCCCCCCCOCCNCCCCCCCCCCCCCCCCCC. The van der Waals surface area contributed by atoms with Crippen molar-refractivity contribution in [2.45, 2.75) is 206 Å². The minimum absolute atomic E-state index is 0.879. The van der Waals surface area contributed by atoms with Gasteiger partial charge in [-0.25, -0.2) is 0 Å². The van der Waals surface area contributed by atoms with Crippen LogP contribution in [0, 0.1) is 0 Å². The van der Waals surface area contributed by atoms with E-state index in [4.69, 9.17) is 4.74 Å². The number of rotatable bonds is 36. The maximum atomic E-state index is 5.81. The Bertz CT molecular complexity index is 449. The Labute approximate surface area is 254 Å². The van der Waals surface area contributed by atoms with E-state index in [1.165, 1.54) is 193 Å². The molecule has 0 aromatic heterocycles. The van der Waals surface area contributed by atoms with E-state index in [0.717, 1.165) is 26.3 Å². The van der Waals surface area contributed by atoms with Crippen molar-refractivity contribution >= 4 is 0 Å². The first-order valence-electron chi connectivity index (χ1n) is 18.8. The predicted octanol–water partition coefficient (Wildman–Crippen LogP) is 12.9. The fourth-order valence-electron chi connectivity index (χ4n) is 5.62. The van der Waals surface area contributed by atoms with E-state index >= 15 is 0 Å². The summed E-state index contributed by atoms with van der Waals surface area (Å²) >= 11 is 0. The summed E-state index contributed by atoms with van der Waals surface area (Å²) in [6.07, 6.45) is 47.0. The largest absolute Gasteiger partial charge is 0.380 e. The Morgan fingerprint density at radius 1 is 0.350 bits per heavy atom. The van der Waals surface area contributed by atoms with Gasteiger partial charge in [0.2, 0.25) is 0 Å². The van der Waals surface area contributed by atoms with Crippen LogP contribution >= 0.6 is 0 Å². The molecule has 40 heavy (non-hydrogen) atoms. The maximum absolute atomic E-state index is 5.81. The Morgan fingerprint density at radius 2 is 0.700 bits per heavy atom. The number of allylic oxidation sites excluding steroid dienone is 2. The van der Waals surface area contributed by atoms with Crippen molar-refractivity contribution in [1.29, 1.82) is 0 Å². The molecule has 0 aliphatic rings. The molecule has 0 atom stereocenters. The van der Waals surface area contributed by atoms with Crippen LogP contribution in [0.15, 0.2) is 12.2 Å². The second kappa shape index (κ2) is 38.7. The normalized spacial score (nSPS) is 11.8. The summed E-state index contributed by atoms with van der Waals surface area (Å²) in [6.45, 7) is 8.60. The highest BCUT2D eigenvalue weighted by Gasteiger charge is 1.96. The van der Waals surface area contributed by atoms with Gasteiger partial charge < -0.3 is 10.1 Å². The highest BCUT2D eigenvalue weighted by molar-refractivity contribution is 4.81. The van der Waals surface area contributed by atoms with E-state index in [-0.39, 0.29) is 0 Å². The number of nitrogens with one attached hydrogen (secondary N) is 1. The smallest absolute Gasteiger partial charge is 0.0590 e. The van der Waals surface area contributed by atoms with E-state index in [1.807, 2.05) is 0 Å². The lowest BCUT2D eigenvalue weighted by atomic mass is 10.0. The Kier molecular flexibility index (Phi) is 38.3. The highest BCUT2D eigenvalue weighted by Crippen LogP contribution is 2.14. The molecule has 0 bridgehead atoms. The van der Waals surface area contributed by atoms with Crippen LogP contribution in [0.4, 0.5) is 0 Å². The van der Waals surface area contributed by atoms with Crippen molar-refractivity contribution < 1.29 is 4.74 Å². The van der Waals surface area contributed by atoms with Gasteiger partial charge in [0, 0.05) is 13.2 Å². The molecule has 0 amide bonds. The van der Waals surface area contributed by atoms with Gasteiger partial charge in [0.25, 0.3) is 0 Å². The molecule has 0 saturated heterocycles. The quantitative estimate of drug-likeness (QED) is 0.0604. The Hall–Kier alpha value is -0.340. The lowest BCUT2D eigenvalue weighted by Gasteiger charge is -2.07. The average Bonchev–Trinajstić information content (AvgIpc) is 2.97. The molecule has 0 saturated carbocycles. The molecule has 240 valence electrons. The second-order valence-electron chi connectivity index (χ2n) is 12.6. The first-order chi connectivity index (χ1) is 19.9. The zero-order valence-electron chi connectivity index (χ0n) is 28.1. The highest BCUT2D eigenvalue weighted by atomic mass is 16.5. The van der Waals surface area contributed by atoms with Gasteiger partial charge in [-0.1, -0.05) is 180 Å². The van der Waals surface area contributed by atoms with Crippen molar-refractivity contribution in [3.8, 4) is 0 Å². The summed E-state index contributed by atoms with van der Waals surface area (Å²) in [7, 11) is 0. The standard InChI is InChI=1S/C38H77NO/c1-3-5-7-9-11-13-15-17-19-21-23-25-27-29-31-33-35-39-36-38-40-37-34-32-30-28-26-24-22-20-18-16-14-12-10-8-6-4-2/h18,20,39H,3-17,19,21-38H2,1-2H3. The van der Waals surface area contributed by atoms with Gasteiger partial charge in [-0.15, -0.1) is 0 Å². The van der Waals surface area contributed by atoms with Crippen LogP contribution in [-0.2, 0) is 4.74 Å². The molecule has 0 aromatic carbocycles. The van der Waals surface area contributed by atoms with Crippen LogP contribution in [0.2, 0.25) is 0 Å². The van der Waals surface area contributed by atoms with Crippen LogP contribution in [-0.4, -0.2) is 26.3 Å². The number of hydrogen-bond acceptors (Lipinski definition) is 2. The monoisotopic (exact) mass is 564 g/mol. The van der Waals surface area contributed by atoms with Crippen molar-refractivity contribution in [1.82, 2.24) is 5.32 Å². The van der Waals surface area contributed by atoms with Crippen molar-refractivity contribution in [3.05, 3.63) is 12.2 Å². The molecule has 0 aromatic rings. The molecule has 0 radical (unpaired) electrons. The molecule has 0 aliphatic carbocycles. The van der Waals surface area contributed by atoms with Crippen molar-refractivity contribution in [2.75, 3.05) is 26.3 Å². The second-order valence-corrected chi connectivity index (χ2v) is 12.6. The van der Waals surface area contributed by atoms with Crippen molar-refractivity contribution in [2.24, 2.45) is 0 Å². The summed E-state index contributed by atoms with van der Waals surface area (Å²) in [5, 5.41) is 3.56. The van der Waals surface area contributed by atoms with Crippen LogP contribution in [0.1, 0.15) is 206 Å². The molecule has 1 N–H and O–H groups in total. The zero-order chi connectivity index (χ0) is 28.9. The third-order valence-corrected chi connectivity index (χ3v) is 8.43. The van der Waals surface area contributed by atoms with Crippen LogP contribution in [0.25, 0.3) is 0 Å². The van der Waals surface area contributed by atoms with Crippen LogP contribution in [0.3, 0.4) is 0 Å². The summed E-state index contributed by atoms with van der Waals surface area (Å²) in [5.74, 6) is 0. The van der Waals surface area contributed by atoms with Gasteiger partial charge in [-0.3, -0.25) is 0 Å². The molecule has 0 rings (SSSR count). The summed E-state index contributed by atoms with van der Waals surface area (Å²) < 4.78 is 5.81. The molecular weight excluding hydrogens is 486 g/mol. The topological polar surface area (TPSA) is 21.3 Å². The fourth-order valence-corrected chi connectivity index (χ4v) is 5.62. The molecule has 0 spiro atoms. The van der Waals surface area contributed by atoms with E-state index in [1.54, 1.807) is 0 Å². The summed E-state index contributed by atoms with van der Waals surface area (Å²) in [4.78, 5) is 0. The van der Waals surface area contributed by atoms with Gasteiger partial charge in [-0.2, -0.15) is 0 Å². The first-order valence-corrected chi connectivity index (χ1v) is 18.8. The molecular formula is C38H77NO. The maximum Gasteiger partial charge on any atom is 0.0590 e. The van der Waals surface area contributed by atoms with Crippen LogP contribution in [0.5, 0.6) is 0 Å². The molecule has 0 unspecified atom stereocenters. The van der Waals surface area contributed by atoms with E-state index < -0.39 is 0 Å². The third kappa shape index (κ3) is 37.7. The lowest BCUT2D eigenvalue weighted by Crippen LogP contribution is -2.21. The van der Waals surface area contributed by atoms with E-state index in [9.17, 15) is 0 Å². The minimum atomic E-state index is 0.879. The Balaban J connectivity index is 3.05. The Morgan fingerprint density at radius 3 is 1.12 bits per heavy atom. The number of ether oxygens (including phenoxy) is 1. The zero-order valence-corrected chi connectivity index (χ0v) is 28.1. The molecule has 0 heterocycles. The predicted molar refractivity (Wildman–Crippen MR) is 183 cm³/mol. The number of hydrogen-bond donors (Lipinski definition) is 1. The van der Waals surface area contributed by atoms with Crippen LogP contribution < -0.4 is 5.32 Å². The van der Waals surface area contributed by atoms with E-state index in [0.29, 0.717) is 0 Å². The molecule has 0 aliphatic heterocycles. The third-order valence-electron chi connectivity index (χ3n) is 8.43. The first kappa shape index (κ1) is 39.7. The van der Waals surface area contributed by atoms with Gasteiger partial charge in [0.15, 0.2) is 0 Å².